The number of imide groups is 1. The van der Waals surface area contributed by atoms with Crippen LogP contribution < -0.4 is 0 Å². The highest BCUT2D eigenvalue weighted by atomic mass is 16.5. The molecule has 0 aliphatic carbocycles. The molecule has 3 rings (SSSR count). The van der Waals surface area contributed by atoms with Gasteiger partial charge in [0.05, 0.1) is 6.61 Å². The summed E-state index contributed by atoms with van der Waals surface area (Å²) in [5, 5.41) is 0. The van der Waals surface area contributed by atoms with Gasteiger partial charge in [-0.15, -0.1) is 0 Å². The Labute approximate surface area is 130 Å². The first kappa shape index (κ1) is 15.0. The molecule has 0 N–H and O–H groups in total. The zero-order valence-electron chi connectivity index (χ0n) is 12.7. The minimum atomic E-state index is -0.188. The lowest BCUT2D eigenvalue weighted by Crippen LogP contribution is -2.34. The molecule has 2 fully saturated rings. The number of hydrogen-bond acceptors (Lipinski definition) is 3. The van der Waals surface area contributed by atoms with Gasteiger partial charge in [0.25, 0.3) is 5.91 Å². The van der Waals surface area contributed by atoms with Crippen molar-refractivity contribution < 1.29 is 14.3 Å². The Morgan fingerprint density at radius 1 is 1.14 bits per heavy atom. The average molecular weight is 302 g/mol. The first-order valence-corrected chi connectivity index (χ1v) is 8.01. The smallest absolute Gasteiger partial charge is 0.327 e. The fourth-order valence-electron chi connectivity index (χ4n) is 3.15. The second-order valence-corrected chi connectivity index (χ2v) is 5.83. The number of carbonyl (C=O) groups excluding carboxylic acids is 2. The lowest BCUT2D eigenvalue weighted by atomic mass is 10.2. The number of rotatable bonds is 7. The number of urea groups is 1. The van der Waals surface area contributed by atoms with Gasteiger partial charge in [0.2, 0.25) is 0 Å². The molecule has 2 aliphatic rings. The van der Waals surface area contributed by atoms with Gasteiger partial charge in [-0.1, -0.05) is 30.3 Å². The van der Waals surface area contributed by atoms with Crippen molar-refractivity contribution in [2.45, 2.75) is 31.7 Å². The van der Waals surface area contributed by atoms with E-state index in [2.05, 4.69) is 12.1 Å². The molecule has 0 bridgehead atoms. The van der Waals surface area contributed by atoms with Gasteiger partial charge >= 0.3 is 6.03 Å². The Morgan fingerprint density at radius 2 is 1.95 bits per heavy atom. The summed E-state index contributed by atoms with van der Waals surface area (Å²) in [6.07, 6.45) is 3.35. The van der Waals surface area contributed by atoms with Gasteiger partial charge in [-0.3, -0.25) is 9.69 Å². The van der Waals surface area contributed by atoms with Gasteiger partial charge in [-0.2, -0.15) is 0 Å². The Morgan fingerprint density at radius 3 is 2.73 bits per heavy atom. The molecule has 3 amide bonds. The predicted octanol–water partition coefficient (Wildman–Crippen LogP) is 2.06. The van der Waals surface area contributed by atoms with Gasteiger partial charge in [-0.25, -0.2) is 4.79 Å². The largest absolute Gasteiger partial charge is 0.381 e. The summed E-state index contributed by atoms with van der Waals surface area (Å²) in [7, 11) is 0. The molecule has 5 heteroatoms. The maximum Gasteiger partial charge on any atom is 0.327 e. The molecule has 1 aromatic carbocycles. The summed E-state index contributed by atoms with van der Waals surface area (Å²) in [6, 6.07) is 9.90. The molecular weight excluding hydrogens is 280 g/mol. The van der Waals surface area contributed by atoms with Crippen molar-refractivity contribution in [2.24, 2.45) is 0 Å². The van der Waals surface area contributed by atoms with E-state index in [9.17, 15) is 9.59 Å². The van der Waals surface area contributed by atoms with Crippen molar-refractivity contribution in [1.82, 2.24) is 9.80 Å². The van der Waals surface area contributed by atoms with Crippen molar-refractivity contribution in [3.8, 4) is 0 Å². The molecule has 2 aliphatic heterocycles. The summed E-state index contributed by atoms with van der Waals surface area (Å²) >= 11 is 0. The summed E-state index contributed by atoms with van der Waals surface area (Å²) in [5.74, 6) is -0.0215. The van der Waals surface area contributed by atoms with Crippen LogP contribution in [0.4, 0.5) is 4.79 Å². The molecule has 0 spiro atoms. The molecule has 2 heterocycles. The minimum absolute atomic E-state index is 0.0215. The Balaban J connectivity index is 1.34. The van der Waals surface area contributed by atoms with E-state index in [1.165, 1.54) is 10.5 Å². The van der Waals surface area contributed by atoms with E-state index >= 15 is 0 Å². The summed E-state index contributed by atoms with van der Waals surface area (Å²) in [5.41, 5.74) is 1.26. The molecule has 1 atom stereocenters. The number of ether oxygens (including phenoxy) is 1. The highest BCUT2D eigenvalue weighted by Gasteiger charge is 2.46. The maximum atomic E-state index is 12.1. The zero-order valence-corrected chi connectivity index (χ0v) is 12.7. The molecular formula is C17H22N2O3. The number of carbonyl (C=O) groups is 2. The standard InChI is InChI=1S/C17H22N2O3/c20-16-15-8-4-10-18(15)17(21)19(16)11-5-12-22-13-9-14-6-2-1-3-7-14/h1-3,6-7,15H,4-5,8-13H2/t15-/m1/s1. The van der Waals surface area contributed by atoms with Gasteiger partial charge in [0.1, 0.15) is 6.04 Å². The monoisotopic (exact) mass is 302 g/mol. The zero-order chi connectivity index (χ0) is 15.4. The van der Waals surface area contributed by atoms with Crippen LogP contribution in [0.5, 0.6) is 0 Å². The van der Waals surface area contributed by atoms with E-state index in [4.69, 9.17) is 4.74 Å². The fourth-order valence-corrected chi connectivity index (χ4v) is 3.15. The Bertz CT molecular complexity index is 510. The third-order valence-electron chi connectivity index (χ3n) is 4.33. The third kappa shape index (κ3) is 3.14. The van der Waals surface area contributed by atoms with E-state index in [-0.39, 0.29) is 18.0 Å². The molecule has 5 nitrogen and oxygen atoms in total. The van der Waals surface area contributed by atoms with Crippen LogP contribution in [-0.4, -0.2) is 54.1 Å². The average Bonchev–Trinajstić information content (AvgIpc) is 3.10. The molecule has 0 radical (unpaired) electrons. The normalized spacial score (nSPS) is 20.8. The van der Waals surface area contributed by atoms with Crippen LogP contribution in [0.25, 0.3) is 0 Å². The number of benzene rings is 1. The van der Waals surface area contributed by atoms with Crippen LogP contribution >= 0.6 is 0 Å². The molecule has 1 aromatic rings. The van der Waals surface area contributed by atoms with Crippen molar-refractivity contribution >= 4 is 11.9 Å². The highest BCUT2D eigenvalue weighted by Crippen LogP contribution is 2.27. The molecule has 118 valence electrons. The lowest BCUT2D eigenvalue weighted by Gasteiger charge is -2.15. The van der Waals surface area contributed by atoms with Gasteiger partial charge in [-0.05, 0) is 31.2 Å². The van der Waals surface area contributed by atoms with Gasteiger partial charge in [0.15, 0.2) is 0 Å². The van der Waals surface area contributed by atoms with E-state index in [1.807, 2.05) is 18.2 Å². The molecule has 0 aromatic heterocycles. The summed E-state index contributed by atoms with van der Waals surface area (Å²) < 4.78 is 5.60. The second kappa shape index (κ2) is 6.92. The number of nitrogens with zero attached hydrogens (tertiary/aromatic N) is 2. The second-order valence-electron chi connectivity index (χ2n) is 5.83. The number of amides is 3. The Hall–Kier alpha value is -1.88. The first-order chi connectivity index (χ1) is 10.8. The predicted molar refractivity (Wildman–Crippen MR) is 82.4 cm³/mol. The SMILES string of the molecule is O=C1[C@H]2CCCN2C(=O)N1CCCOCCc1ccccc1. The summed E-state index contributed by atoms with van der Waals surface area (Å²) in [6.45, 7) is 2.44. The quantitative estimate of drug-likeness (QED) is 0.572. The van der Waals surface area contributed by atoms with Crippen molar-refractivity contribution in [3.63, 3.8) is 0 Å². The summed E-state index contributed by atoms with van der Waals surface area (Å²) in [4.78, 5) is 27.3. The number of hydrogen-bond donors (Lipinski definition) is 0. The molecule has 2 saturated heterocycles. The van der Waals surface area contributed by atoms with E-state index in [0.717, 1.165) is 25.8 Å². The Kier molecular flexibility index (Phi) is 4.73. The fraction of sp³-hybridized carbons (Fsp3) is 0.529. The van der Waals surface area contributed by atoms with Gasteiger partial charge < -0.3 is 9.64 Å². The highest BCUT2D eigenvalue weighted by molar-refractivity contribution is 6.04. The van der Waals surface area contributed by atoms with Gasteiger partial charge in [0, 0.05) is 19.7 Å². The van der Waals surface area contributed by atoms with Crippen molar-refractivity contribution in [1.29, 1.82) is 0 Å². The van der Waals surface area contributed by atoms with Crippen molar-refractivity contribution in [2.75, 3.05) is 26.3 Å². The van der Waals surface area contributed by atoms with Crippen LogP contribution in [0.2, 0.25) is 0 Å². The van der Waals surface area contributed by atoms with E-state index in [1.54, 1.807) is 4.90 Å². The minimum Gasteiger partial charge on any atom is -0.381 e. The lowest BCUT2D eigenvalue weighted by molar-refractivity contribution is -0.128. The number of fused-ring (bicyclic) bond motifs is 1. The van der Waals surface area contributed by atoms with Crippen LogP contribution in [0.15, 0.2) is 30.3 Å². The van der Waals surface area contributed by atoms with Crippen LogP contribution in [0.3, 0.4) is 0 Å². The molecule has 0 unspecified atom stereocenters. The molecule has 0 saturated carbocycles. The maximum absolute atomic E-state index is 12.1. The topological polar surface area (TPSA) is 49.9 Å². The van der Waals surface area contributed by atoms with E-state index in [0.29, 0.717) is 26.2 Å². The first-order valence-electron chi connectivity index (χ1n) is 8.01. The van der Waals surface area contributed by atoms with Crippen LogP contribution in [-0.2, 0) is 16.0 Å². The van der Waals surface area contributed by atoms with Crippen LogP contribution in [0, 0.1) is 0 Å². The van der Waals surface area contributed by atoms with Crippen LogP contribution in [0.1, 0.15) is 24.8 Å². The third-order valence-corrected chi connectivity index (χ3v) is 4.33. The van der Waals surface area contributed by atoms with E-state index < -0.39 is 0 Å². The van der Waals surface area contributed by atoms with Crippen molar-refractivity contribution in [3.05, 3.63) is 35.9 Å². The molecule has 22 heavy (non-hydrogen) atoms.